The molecule has 1 rings (SSSR count). The van der Waals surface area contributed by atoms with Gasteiger partial charge in [-0.3, -0.25) is 14.4 Å². The van der Waals surface area contributed by atoms with E-state index in [2.05, 4.69) is 19.2 Å². The van der Waals surface area contributed by atoms with Crippen LogP contribution in [0.2, 0.25) is 0 Å². The molecule has 1 heterocycles. The van der Waals surface area contributed by atoms with Gasteiger partial charge in [-0.05, 0) is 32.3 Å². The molecule has 0 saturated heterocycles. The summed E-state index contributed by atoms with van der Waals surface area (Å²) in [6.07, 6.45) is 3.32. The first-order valence-corrected chi connectivity index (χ1v) is 12.7. The summed E-state index contributed by atoms with van der Waals surface area (Å²) < 4.78 is 11.3. The molecule has 0 fully saturated rings. The first-order valence-electron chi connectivity index (χ1n) is 10.9. The lowest BCUT2D eigenvalue weighted by Crippen LogP contribution is -2.45. The molecule has 1 aromatic heterocycles. The average molecular weight is 489 g/mol. The number of carbonyl (C=O) groups excluding carboxylic acids is 3. The van der Waals surface area contributed by atoms with Crippen LogP contribution in [-0.4, -0.2) is 47.1 Å². The van der Waals surface area contributed by atoms with Gasteiger partial charge in [-0.2, -0.15) is 0 Å². The van der Waals surface area contributed by atoms with Gasteiger partial charge in [0.2, 0.25) is 0 Å². The standard InChI is InChI=1S/C22H36N2O6S2/c1-6-8-9-15(7-2)13-29-17(26)10-11-31-18-12-16(19(23)27)20(32-18)24-21(28)22(4,5)30-14(3)25/h12,15,21,24,28H,6-11,13H2,1-5H3,(H2,23,27). The second-order valence-corrected chi connectivity index (χ2v) is 10.6. The second kappa shape index (κ2) is 13.7. The summed E-state index contributed by atoms with van der Waals surface area (Å²) in [5.74, 6) is -0.528. The Morgan fingerprint density at radius 3 is 2.56 bits per heavy atom. The van der Waals surface area contributed by atoms with Crippen molar-refractivity contribution in [3.05, 3.63) is 11.6 Å². The Labute approximate surface area is 198 Å². The summed E-state index contributed by atoms with van der Waals surface area (Å²) in [5.41, 5.74) is 4.47. The molecule has 0 aliphatic heterocycles. The number of anilines is 1. The van der Waals surface area contributed by atoms with E-state index in [4.69, 9.17) is 15.2 Å². The van der Waals surface area contributed by atoms with Crippen molar-refractivity contribution in [1.29, 1.82) is 0 Å². The van der Waals surface area contributed by atoms with Crippen LogP contribution >= 0.6 is 23.1 Å². The minimum atomic E-state index is -1.25. The molecule has 1 aromatic rings. The lowest BCUT2D eigenvalue weighted by atomic mass is 10.0. The summed E-state index contributed by atoms with van der Waals surface area (Å²) in [7, 11) is 0. The van der Waals surface area contributed by atoms with E-state index in [1.807, 2.05) is 0 Å². The van der Waals surface area contributed by atoms with Gasteiger partial charge in [-0.1, -0.05) is 33.1 Å². The first-order chi connectivity index (χ1) is 15.0. The molecule has 2 unspecified atom stereocenters. The van der Waals surface area contributed by atoms with E-state index in [0.717, 1.165) is 29.9 Å². The summed E-state index contributed by atoms with van der Waals surface area (Å²) in [6.45, 7) is 9.06. The van der Waals surface area contributed by atoms with Crippen LogP contribution in [0, 0.1) is 5.92 Å². The van der Waals surface area contributed by atoms with Gasteiger partial charge in [0, 0.05) is 12.7 Å². The SMILES string of the molecule is CCCCC(CC)COC(=O)CCSc1cc(C(N)=O)c(NC(O)C(C)(C)OC(C)=O)s1. The van der Waals surface area contributed by atoms with Crippen molar-refractivity contribution in [2.24, 2.45) is 11.7 Å². The van der Waals surface area contributed by atoms with Gasteiger partial charge in [0.1, 0.15) is 5.00 Å². The van der Waals surface area contributed by atoms with E-state index in [0.29, 0.717) is 23.3 Å². The summed E-state index contributed by atoms with van der Waals surface area (Å²) in [4.78, 5) is 35.1. The molecule has 0 aromatic carbocycles. The van der Waals surface area contributed by atoms with Crippen LogP contribution < -0.4 is 11.1 Å². The molecule has 4 N–H and O–H groups in total. The fourth-order valence-electron chi connectivity index (χ4n) is 2.87. The van der Waals surface area contributed by atoms with Gasteiger partial charge in [0.25, 0.3) is 5.91 Å². The summed E-state index contributed by atoms with van der Waals surface area (Å²) in [5, 5.41) is 13.6. The van der Waals surface area contributed by atoms with Crippen LogP contribution in [0.1, 0.15) is 77.1 Å². The van der Waals surface area contributed by atoms with Crippen LogP contribution in [0.25, 0.3) is 0 Å². The smallest absolute Gasteiger partial charge is 0.306 e. The fourth-order valence-corrected chi connectivity index (χ4v) is 5.09. The monoisotopic (exact) mass is 488 g/mol. The number of ether oxygens (including phenoxy) is 2. The number of hydrogen-bond acceptors (Lipinski definition) is 9. The van der Waals surface area contributed by atoms with E-state index in [-0.39, 0.29) is 18.0 Å². The normalized spacial score (nSPS) is 13.3. The van der Waals surface area contributed by atoms with E-state index < -0.39 is 23.7 Å². The number of primary amides is 1. The number of esters is 2. The van der Waals surface area contributed by atoms with Gasteiger partial charge in [0.05, 0.1) is 22.8 Å². The maximum atomic E-state index is 12.1. The number of aliphatic hydroxyl groups excluding tert-OH is 1. The Bertz CT molecular complexity index is 766. The number of thioether (sulfide) groups is 1. The molecule has 182 valence electrons. The molecular weight excluding hydrogens is 452 g/mol. The predicted octanol–water partition coefficient (Wildman–Crippen LogP) is 4.16. The molecule has 10 heteroatoms. The number of rotatable bonds is 15. The van der Waals surface area contributed by atoms with E-state index >= 15 is 0 Å². The maximum Gasteiger partial charge on any atom is 0.306 e. The van der Waals surface area contributed by atoms with Gasteiger partial charge in [-0.25, -0.2) is 0 Å². The van der Waals surface area contributed by atoms with Crippen LogP contribution in [-0.2, 0) is 19.1 Å². The Kier molecular flexibility index (Phi) is 12.1. The lowest BCUT2D eigenvalue weighted by molar-refractivity contribution is -0.162. The van der Waals surface area contributed by atoms with Gasteiger partial charge >= 0.3 is 11.9 Å². The number of nitrogens with two attached hydrogens (primary N) is 1. The molecule has 0 saturated carbocycles. The Balaban J connectivity index is 2.63. The highest BCUT2D eigenvalue weighted by Gasteiger charge is 2.32. The van der Waals surface area contributed by atoms with Gasteiger partial charge in [-0.15, -0.1) is 23.1 Å². The Morgan fingerprint density at radius 2 is 2.00 bits per heavy atom. The lowest BCUT2D eigenvalue weighted by Gasteiger charge is -2.30. The van der Waals surface area contributed by atoms with Crippen molar-refractivity contribution in [3.8, 4) is 0 Å². The summed E-state index contributed by atoms with van der Waals surface area (Å²) >= 11 is 2.64. The second-order valence-electron chi connectivity index (χ2n) is 8.11. The third kappa shape index (κ3) is 9.79. The van der Waals surface area contributed by atoms with Crippen molar-refractivity contribution in [3.63, 3.8) is 0 Å². The zero-order valence-corrected chi connectivity index (χ0v) is 21.2. The average Bonchev–Trinajstić information content (AvgIpc) is 3.10. The highest BCUT2D eigenvalue weighted by atomic mass is 32.2. The van der Waals surface area contributed by atoms with Crippen LogP contribution in [0.5, 0.6) is 0 Å². The predicted molar refractivity (Wildman–Crippen MR) is 128 cm³/mol. The number of amides is 1. The highest BCUT2D eigenvalue weighted by molar-refractivity contribution is 8.01. The summed E-state index contributed by atoms with van der Waals surface area (Å²) in [6, 6.07) is 1.62. The van der Waals surface area contributed by atoms with E-state index in [1.54, 1.807) is 19.9 Å². The van der Waals surface area contributed by atoms with Crippen molar-refractivity contribution < 1.29 is 29.0 Å². The number of unbranched alkanes of at least 4 members (excludes halogenated alkanes) is 1. The molecule has 8 nitrogen and oxygen atoms in total. The molecule has 0 bridgehead atoms. The number of thiophene rings is 1. The molecule has 1 amide bonds. The molecule has 0 radical (unpaired) electrons. The third-order valence-corrected chi connectivity index (χ3v) is 7.16. The third-order valence-electron chi connectivity index (χ3n) is 4.88. The first kappa shape index (κ1) is 28.3. The molecular formula is C22H36N2O6S2. The molecule has 0 aliphatic carbocycles. The molecule has 0 aliphatic rings. The highest BCUT2D eigenvalue weighted by Crippen LogP contribution is 2.36. The van der Waals surface area contributed by atoms with Crippen molar-refractivity contribution in [2.45, 2.75) is 82.8 Å². The zero-order valence-electron chi connectivity index (χ0n) is 19.6. The van der Waals surface area contributed by atoms with Crippen LogP contribution in [0.3, 0.4) is 0 Å². The van der Waals surface area contributed by atoms with Crippen LogP contribution in [0.15, 0.2) is 10.3 Å². The van der Waals surface area contributed by atoms with Crippen LogP contribution in [0.4, 0.5) is 5.00 Å². The van der Waals surface area contributed by atoms with Crippen molar-refractivity contribution in [2.75, 3.05) is 17.7 Å². The van der Waals surface area contributed by atoms with Crippen molar-refractivity contribution >= 4 is 45.9 Å². The maximum absolute atomic E-state index is 12.1. The quantitative estimate of drug-likeness (QED) is 0.191. The number of nitrogens with one attached hydrogen (secondary N) is 1. The van der Waals surface area contributed by atoms with E-state index in [1.165, 1.54) is 30.0 Å². The number of hydrogen-bond donors (Lipinski definition) is 3. The van der Waals surface area contributed by atoms with E-state index in [9.17, 15) is 19.5 Å². The number of carbonyl (C=O) groups is 3. The Morgan fingerprint density at radius 1 is 1.31 bits per heavy atom. The largest absolute Gasteiger partial charge is 0.465 e. The van der Waals surface area contributed by atoms with Crippen molar-refractivity contribution in [1.82, 2.24) is 0 Å². The number of aliphatic hydroxyl groups is 1. The zero-order chi connectivity index (χ0) is 24.3. The van der Waals surface area contributed by atoms with Gasteiger partial charge in [0.15, 0.2) is 11.8 Å². The molecule has 32 heavy (non-hydrogen) atoms. The fraction of sp³-hybridized carbons (Fsp3) is 0.682. The molecule has 0 spiro atoms. The molecule has 2 atom stereocenters. The van der Waals surface area contributed by atoms with Gasteiger partial charge < -0.3 is 25.6 Å². The Hall–Kier alpha value is -1.78. The topological polar surface area (TPSA) is 128 Å². The minimum Gasteiger partial charge on any atom is -0.465 e. The minimum absolute atomic E-state index is 0.222.